The maximum atomic E-state index is 6.24. The van der Waals surface area contributed by atoms with Gasteiger partial charge in [0.2, 0.25) is 0 Å². The van der Waals surface area contributed by atoms with Crippen LogP contribution in [0.15, 0.2) is 18.3 Å². The summed E-state index contributed by atoms with van der Waals surface area (Å²) in [7, 11) is 1.92. The molecule has 3 nitrogen and oxygen atoms in total. The zero-order valence-electron chi connectivity index (χ0n) is 11.5. The highest BCUT2D eigenvalue weighted by molar-refractivity contribution is 6.35. The van der Waals surface area contributed by atoms with Crippen molar-refractivity contribution in [3.05, 3.63) is 45.2 Å². The quantitative estimate of drug-likeness (QED) is 0.903. The van der Waals surface area contributed by atoms with E-state index < -0.39 is 0 Å². The molecular formula is C14H17Cl2N3. The van der Waals surface area contributed by atoms with E-state index in [0.717, 1.165) is 22.5 Å². The summed E-state index contributed by atoms with van der Waals surface area (Å²) in [6.45, 7) is 6.01. The lowest BCUT2D eigenvalue weighted by Gasteiger charge is -2.16. The molecule has 0 fully saturated rings. The number of halogens is 2. The second-order valence-corrected chi connectivity index (χ2v) is 5.61. The first-order valence-electron chi connectivity index (χ1n) is 6.11. The Bertz CT molecular complexity index is 605. The Balaban J connectivity index is 2.26. The SMILES string of the molecule is Cc1cc(Cl)c(NC(C)c2cn(C)nc2C)cc1Cl. The second-order valence-electron chi connectivity index (χ2n) is 4.79. The van der Waals surface area contributed by atoms with E-state index in [0.29, 0.717) is 10.0 Å². The largest absolute Gasteiger partial charge is 0.377 e. The summed E-state index contributed by atoms with van der Waals surface area (Å²) < 4.78 is 1.81. The topological polar surface area (TPSA) is 29.9 Å². The highest BCUT2D eigenvalue weighted by Gasteiger charge is 2.13. The average molecular weight is 298 g/mol. The smallest absolute Gasteiger partial charge is 0.0646 e. The molecule has 0 amide bonds. The third-order valence-electron chi connectivity index (χ3n) is 3.14. The lowest BCUT2D eigenvalue weighted by atomic mass is 10.1. The van der Waals surface area contributed by atoms with Crippen LogP contribution in [0.1, 0.15) is 29.8 Å². The van der Waals surface area contributed by atoms with Gasteiger partial charge in [-0.15, -0.1) is 0 Å². The van der Waals surface area contributed by atoms with Crippen LogP contribution in [0.3, 0.4) is 0 Å². The molecule has 102 valence electrons. The number of benzene rings is 1. The third-order valence-corrected chi connectivity index (χ3v) is 3.86. The summed E-state index contributed by atoms with van der Waals surface area (Å²) >= 11 is 12.4. The molecule has 0 aliphatic carbocycles. The first kappa shape index (κ1) is 14.2. The van der Waals surface area contributed by atoms with E-state index in [1.807, 2.05) is 43.9 Å². The van der Waals surface area contributed by atoms with Gasteiger partial charge in [0.1, 0.15) is 0 Å². The van der Waals surface area contributed by atoms with Crippen LogP contribution in [0.4, 0.5) is 5.69 Å². The van der Waals surface area contributed by atoms with Crippen LogP contribution < -0.4 is 5.32 Å². The molecule has 2 aromatic rings. The van der Waals surface area contributed by atoms with Gasteiger partial charge in [0.25, 0.3) is 0 Å². The predicted molar refractivity (Wildman–Crippen MR) is 81.2 cm³/mol. The molecule has 1 aromatic heterocycles. The van der Waals surface area contributed by atoms with Gasteiger partial charge in [-0.2, -0.15) is 5.10 Å². The van der Waals surface area contributed by atoms with Crippen LogP contribution in [0, 0.1) is 13.8 Å². The van der Waals surface area contributed by atoms with Crippen LogP contribution in [0.25, 0.3) is 0 Å². The Morgan fingerprint density at radius 3 is 2.47 bits per heavy atom. The first-order chi connectivity index (χ1) is 8.88. The molecule has 0 saturated carbocycles. The molecule has 0 bridgehead atoms. The van der Waals surface area contributed by atoms with Gasteiger partial charge in [-0.05, 0) is 38.5 Å². The monoisotopic (exact) mass is 297 g/mol. The minimum atomic E-state index is 0.116. The highest BCUT2D eigenvalue weighted by atomic mass is 35.5. The van der Waals surface area contributed by atoms with E-state index in [4.69, 9.17) is 23.2 Å². The number of aromatic nitrogens is 2. The first-order valence-corrected chi connectivity index (χ1v) is 6.86. The van der Waals surface area contributed by atoms with Gasteiger partial charge in [0.15, 0.2) is 0 Å². The summed E-state index contributed by atoms with van der Waals surface area (Å²) in [5.74, 6) is 0. The average Bonchev–Trinajstić information content (AvgIpc) is 2.65. The van der Waals surface area contributed by atoms with Crippen molar-refractivity contribution in [2.45, 2.75) is 26.8 Å². The second kappa shape index (κ2) is 5.43. The van der Waals surface area contributed by atoms with Gasteiger partial charge >= 0.3 is 0 Å². The molecule has 0 aliphatic rings. The number of aryl methyl sites for hydroxylation is 3. The van der Waals surface area contributed by atoms with Crippen molar-refractivity contribution in [1.29, 1.82) is 0 Å². The van der Waals surface area contributed by atoms with Crippen molar-refractivity contribution >= 4 is 28.9 Å². The molecule has 1 unspecified atom stereocenters. The highest BCUT2D eigenvalue weighted by Crippen LogP contribution is 2.31. The predicted octanol–water partition coefficient (Wildman–Crippen LogP) is 4.52. The van der Waals surface area contributed by atoms with Gasteiger partial charge in [0.05, 0.1) is 22.4 Å². The van der Waals surface area contributed by atoms with Crippen LogP contribution >= 0.6 is 23.2 Å². The van der Waals surface area contributed by atoms with Crippen molar-refractivity contribution in [3.63, 3.8) is 0 Å². The molecular weight excluding hydrogens is 281 g/mol. The Labute approximate surface area is 123 Å². The third kappa shape index (κ3) is 3.04. The van der Waals surface area contributed by atoms with Crippen LogP contribution in [-0.4, -0.2) is 9.78 Å². The molecule has 2 rings (SSSR count). The van der Waals surface area contributed by atoms with E-state index in [-0.39, 0.29) is 6.04 Å². The Morgan fingerprint density at radius 2 is 1.89 bits per heavy atom. The molecule has 1 heterocycles. The number of rotatable bonds is 3. The minimum Gasteiger partial charge on any atom is -0.377 e. The van der Waals surface area contributed by atoms with E-state index in [1.54, 1.807) is 0 Å². The minimum absolute atomic E-state index is 0.116. The standard InChI is InChI=1S/C14H17Cl2N3/c1-8-5-13(16)14(6-12(8)15)17-9(2)11-7-19(4)18-10(11)3/h5-7,9,17H,1-4H3. The number of nitrogens with one attached hydrogen (secondary N) is 1. The van der Waals surface area contributed by atoms with Crippen LogP contribution in [-0.2, 0) is 7.05 Å². The Morgan fingerprint density at radius 1 is 1.21 bits per heavy atom. The summed E-state index contributed by atoms with van der Waals surface area (Å²) in [4.78, 5) is 0. The normalized spacial score (nSPS) is 12.5. The molecule has 0 aliphatic heterocycles. The molecule has 1 aromatic carbocycles. The van der Waals surface area contributed by atoms with Crippen molar-refractivity contribution in [2.24, 2.45) is 7.05 Å². The number of anilines is 1. The van der Waals surface area contributed by atoms with Crippen molar-refractivity contribution in [1.82, 2.24) is 9.78 Å². The molecule has 1 atom stereocenters. The molecule has 19 heavy (non-hydrogen) atoms. The van der Waals surface area contributed by atoms with E-state index >= 15 is 0 Å². The van der Waals surface area contributed by atoms with Crippen LogP contribution in [0.2, 0.25) is 10.0 Å². The number of hydrogen-bond acceptors (Lipinski definition) is 2. The van der Waals surface area contributed by atoms with Crippen molar-refractivity contribution in [2.75, 3.05) is 5.32 Å². The van der Waals surface area contributed by atoms with Crippen molar-refractivity contribution in [3.8, 4) is 0 Å². The summed E-state index contributed by atoms with van der Waals surface area (Å²) in [6, 6.07) is 3.85. The molecule has 5 heteroatoms. The maximum absolute atomic E-state index is 6.24. The summed E-state index contributed by atoms with van der Waals surface area (Å²) in [5, 5.41) is 9.11. The fourth-order valence-electron chi connectivity index (χ4n) is 2.11. The van der Waals surface area contributed by atoms with Crippen molar-refractivity contribution < 1.29 is 0 Å². The van der Waals surface area contributed by atoms with Gasteiger partial charge in [0, 0.05) is 23.8 Å². The zero-order chi connectivity index (χ0) is 14.2. The molecule has 0 saturated heterocycles. The van der Waals surface area contributed by atoms with E-state index in [1.165, 1.54) is 0 Å². The summed E-state index contributed by atoms with van der Waals surface area (Å²) in [6.07, 6.45) is 2.01. The Hall–Kier alpha value is -1.19. The van der Waals surface area contributed by atoms with Gasteiger partial charge in [-0.1, -0.05) is 23.2 Å². The van der Waals surface area contributed by atoms with E-state index in [2.05, 4.69) is 17.3 Å². The maximum Gasteiger partial charge on any atom is 0.0646 e. The number of nitrogens with zero attached hydrogens (tertiary/aromatic N) is 2. The lowest BCUT2D eigenvalue weighted by molar-refractivity contribution is 0.756. The Kier molecular flexibility index (Phi) is 4.07. The fourth-order valence-corrected chi connectivity index (χ4v) is 2.55. The zero-order valence-corrected chi connectivity index (χ0v) is 13.0. The van der Waals surface area contributed by atoms with Gasteiger partial charge in [-0.3, -0.25) is 4.68 Å². The van der Waals surface area contributed by atoms with Gasteiger partial charge < -0.3 is 5.32 Å². The number of hydrogen-bond donors (Lipinski definition) is 1. The van der Waals surface area contributed by atoms with Crippen LogP contribution in [0.5, 0.6) is 0 Å². The fraction of sp³-hybridized carbons (Fsp3) is 0.357. The molecule has 1 N–H and O–H groups in total. The summed E-state index contributed by atoms with van der Waals surface area (Å²) in [5.41, 5.74) is 3.97. The molecule has 0 spiro atoms. The van der Waals surface area contributed by atoms with E-state index in [9.17, 15) is 0 Å². The lowest BCUT2D eigenvalue weighted by Crippen LogP contribution is -2.07. The van der Waals surface area contributed by atoms with Gasteiger partial charge in [-0.25, -0.2) is 0 Å². The molecule has 0 radical (unpaired) electrons.